The number of aliphatic hydroxyl groups excluding tert-OH is 2. The van der Waals surface area contributed by atoms with Crippen molar-refractivity contribution in [3.8, 4) is 0 Å². The highest BCUT2D eigenvalue weighted by Gasteiger charge is 2.67. The third-order valence-electron chi connectivity index (χ3n) is 11.7. The second kappa shape index (κ2) is 7.59. The zero-order valence-corrected chi connectivity index (χ0v) is 20.9. The van der Waals surface area contributed by atoms with Crippen molar-refractivity contribution >= 4 is 0 Å². The Morgan fingerprint density at radius 2 is 1.68 bits per heavy atom. The maximum absolute atomic E-state index is 11.7. The standard InChI is InChI=1S/C29H48O2/c1-18(2)7-6-8-19(3)21-10-11-22-20-9-12-24-27(4,14-13-25(30)29(24)15-16-29)23(20)17-26(31)28(21,22)5/h12,18-23,25-26,30-31H,6-11,13-17H2,1-5H3/t19-,20+,21-,22+,23+,25+,26-,27-,28-/m1/s1. The Labute approximate surface area is 191 Å². The van der Waals surface area contributed by atoms with Crippen LogP contribution in [-0.4, -0.2) is 22.4 Å². The van der Waals surface area contributed by atoms with E-state index in [0.717, 1.165) is 37.0 Å². The van der Waals surface area contributed by atoms with Crippen LogP contribution >= 0.6 is 0 Å². The van der Waals surface area contributed by atoms with E-state index >= 15 is 0 Å². The van der Waals surface area contributed by atoms with Crippen molar-refractivity contribution in [2.45, 2.75) is 117 Å². The monoisotopic (exact) mass is 428 g/mol. The molecule has 0 heterocycles. The van der Waals surface area contributed by atoms with Crippen LogP contribution in [0, 0.1) is 51.8 Å². The zero-order chi connectivity index (χ0) is 22.2. The van der Waals surface area contributed by atoms with Crippen LogP contribution in [0.4, 0.5) is 0 Å². The first kappa shape index (κ1) is 22.5. The van der Waals surface area contributed by atoms with Crippen LogP contribution in [0.3, 0.4) is 0 Å². The average Bonchev–Trinajstić information content (AvgIpc) is 3.42. The van der Waals surface area contributed by atoms with Gasteiger partial charge in [0.05, 0.1) is 12.2 Å². The average molecular weight is 429 g/mol. The molecule has 176 valence electrons. The molecule has 5 aliphatic carbocycles. The molecule has 0 aromatic rings. The molecule has 4 fully saturated rings. The van der Waals surface area contributed by atoms with Gasteiger partial charge in [-0.3, -0.25) is 0 Å². The first-order valence-corrected chi connectivity index (χ1v) is 13.7. The van der Waals surface area contributed by atoms with Crippen LogP contribution in [0.1, 0.15) is 105 Å². The molecule has 31 heavy (non-hydrogen) atoms. The van der Waals surface area contributed by atoms with E-state index in [1.54, 1.807) is 5.57 Å². The van der Waals surface area contributed by atoms with Crippen molar-refractivity contribution in [1.29, 1.82) is 0 Å². The van der Waals surface area contributed by atoms with E-state index in [4.69, 9.17) is 0 Å². The molecule has 0 aromatic heterocycles. The molecule has 0 amide bonds. The molecule has 2 heteroatoms. The first-order valence-electron chi connectivity index (χ1n) is 13.7. The molecule has 5 rings (SSSR count). The summed E-state index contributed by atoms with van der Waals surface area (Å²) in [6.45, 7) is 12.1. The summed E-state index contributed by atoms with van der Waals surface area (Å²) in [4.78, 5) is 0. The van der Waals surface area contributed by atoms with Crippen LogP contribution in [0.5, 0.6) is 0 Å². The Morgan fingerprint density at radius 3 is 2.35 bits per heavy atom. The molecule has 0 bridgehead atoms. The summed E-state index contributed by atoms with van der Waals surface area (Å²) in [5, 5.41) is 22.5. The number of aliphatic hydroxyl groups is 2. The summed E-state index contributed by atoms with van der Waals surface area (Å²) in [5.74, 6) is 4.23. The maximum atomic E-state index is 11.7. The Kier molecular flexibility index (Phi) is 5.50. The highest BCUT2D eigenvalue weighted by Crippen LogP contribution is 2.72. The summed E-state index contributed by atoms with van der Waals surface area (Å²) in [5.41, 5.74) is 2.03. The fourth-order valence-corrected chi connectivity index (χ4v) is 9.79. The normalized spacial score (nSPS) is 48.7. The van der Waals surface area contributed by atoms with Crippen LogP contribution < -0.4 is 0 Å². The number of hydrogen-bond donors (Lipinski definition) is 2. The van der Waals surface area contributed by atoms with Crippen molar-refractivity contribution in [2.24, 2.45) is 51.8 Å². The second-order valence-electron chi connectivity index (χ2n) is 13.5. The summed E-state index contributed by atoms with van der Waals surface area (Å²) in [6.07, 6.45) is 15.6. The summed E-state index contributed by atoms with van der Waals surface area (Å²) >= 11 is 0. The number of hydrogen-bond acceptors (Lipinski definition) is 2. The van der Waals surface area contributed by atoms with E-state index in [-0.39, 0.29) is 28.5 Å². The van der Waals surface area contributed by atoms with Gasteiger partial charge in [-0.15, -0.1) is 0 Å². The minimum absolute atomic E-state index is 0.103. The van der Waals surface area contributed by atoms with Crippen LogP contribution in [0.15, 0.2) is 11.6 Å². The van der Waals surface area contributed by atoms with Gasteiger partial charge in [-0.05, 0) is 97.7 Å². The van der Waals surface area contributed by atoms with E-state index in [1.807, 2.05) is 0 Å². The van der Waals surface area contributed by atoms with E-state index < -0.39 is 0 Å². The van der Waals surface area contributed by atoms with E-state index in [9.17, 15) is 10.2 Å². The molecular formula is C29H48O2. The lowest BCUT2D eigenvalue weighted by molar-refractivity contribution is -0.140. The number of fused-ring (bicyclic) bond motifs is 6. The largest absolute Gasteiger partial charge is 0.393 e. The number of rotatable bonds is 5. The predicted molar refractivity (Wildman–Crippen MR) is 127 cm³/mol. The van der Waals surface area contributed by atoms with Gasteiger partial charge in [0.2, 0.25) is 0 Å². The van der Waals surface area contributed by atoms with Gasteiger partial charge in [-0.1, -0.05) is 65.5 Å². The lowest BCUT2D eigenvalue weighted by Gasteiger charge is -2.61. The summed E-state index contributed by atoms with van der Waals surface area (Å²) in [6, 6.07) is 0. The minimum Gasteiger partial charge on any atom is -0.393 e. The fraction of sp³-hybridized carbons (Fsp3) is 0.931. The lowest BCUT2D eigenvalue weighted by Crippen LogP contribution is -2.57. The lowest BCUT2D eigenvalue weighted by atomic mass is 9.44. The van der Waals surface area contributed by atoms with Gasteiger partial charge in [0.1, 0.15) is 0 Å². The van der Waals surface area contributed by atoms with Gasteiger partial charge in [0.15, 0.2) is 0 Å². The van der Waals surface area contributed by atoms with Gasteiger partial charge in [-0.25, -0.2) is 0 Å². The van der Waals surface area contributed by atoms with Crippen LogP contribution in [0.25, 0.3) is 0 Å². The third-order valence-corrected chi connectivity index (χ3v) is 11.7. The molecule has 0 unspecified atom stereocenters. The topological polar surface area (TPSA) is 40.5 Å². The Balaban J connectivity index is 1.39. The Bertz CT molecular complexity index is 720. The SMILES string of the molecule is CC(C)CCC[C@@H](C)[C@H]1CC[C@H]2[C@@H]3CC=C4C5(CC5)[C@@H](O)CC[C@]4(C)[C@H]3C[C@@H](O)[C@]12C. The smallest absolute Gasteiger partial charge is 0.0634 e. The molecule has 0 saturated heterocycles. The molecule has 0 radical (unpaired) electrons. The molecule has 2 N–H and O–H groups in total. The van der Waals surface area contributed by atoms with Crippen molar-refractivity contribution in [1.82, 2.24) is 0 Å². The second-order valence-corrected chi connectivity index (χ2v) is 13.5. The highest BCUT2D eigenvalue weighted by molar-refractivity contribution is 5.37. The van der Waals surface area contributed by atoms with Gasteiger partial charge in [-0.2, -0.15) is 0 Å². The molecule has 9 atom stereocenters. The van der Waals surface area contributed by atoms with Gasteiger partial charge < -0.3 is 10.2 Å². The first-order chi connectivity index (χ1) is 14.6. The van der Waals surface area contributed by atoms with E-state index in [2.05, 4.69) is 40.7 Å². The molecular weight excluding hydrogens is 380 g/mol. The number of allylic oxidation sites excluding steroid dienone is 1. The molecule has 4 saturated carbocycles. The van der Waals surface area contributed by atoms with Gasteiger partial charge in [0, 0.05) is 5.41 Å². The predicted octanol–water partition coefficient (Wildman–Crippen LogP) is 6.75. The van der Waals surface area contributed by atoms with Crippen molar-refractivity contribution in [2.75, 3.05) is 0 Å². The van der Waals surface area contributed by atoms with E-state index in [0.29, 0.717) is 17.8 Å². The molecule has 1 spiro atoms. The fourth-order valence-electron chi connectivity index (χ4n) is 9.79. The van der Waals surface area contributed by atoms with Crippen LogP contribution in [0.2, 0.25) is 0 Å². The highest BCUT2D eigenvalue weighted by atomic mass is 16.3. The van der Waals surface area contributed by atoms with E-state index in [1.165, 1.54) is 51.4 Å². The summed E-state index contributed by atoms with van der Waals surface area (Å²) in [7, 11) is 0. The van der Waals surface area contributed by atoms with Crippen molar-refractivity contribution < 1.29 is 10.2 Å². The Hall–Kier alpha value is -0.340. The molecule has 2 nitrogen and oxygen atoms in total. The van der Waals surface area contributed by atoms with Gasteiger partial charge in [0.25, 0.3) is 0 Å². The molecule has 5 aliphatic rings. The van der Waals surface area contributed by atoms with Crippen molar-refractivity contribution in [3.05, 3.63) is 11.6 Å². The minimum atomic E-state index is -0.156. The van der Waals surface area contributed by atoms with Crippen molar-refractivity contribution in [3.63, 3.8) is 0 Å². The maximum Gasteiger partial charge on any atom is 0.0634 e. The summed E-state index contributed by atoms with van der Waals surface area (Å²) < 4.78 is 0. The van der Waals surface area contributed by atoms with Crippen LogP contribution in [-0.2, 0) is 0 Å². The molecule has 0 aliphatic heterocycles. The Morgan fingerprint density at radius 1 is 0.935 bits per heavy atom. The molecule has 0 aromatic carbocycles. The quantitative estimate of drug-likeness (QED) is 0.475. The zero-order valence-electron chi connectivity index (χ0n) is 20.9. The van der Waals surface area contributed by atoms with Gasteiger partial charge >= 0.3 is 0 Å². The third kappa shape index (κ3) is 3.17.